The second kappa shape index (κ2) is 5.56. The van der Waals surface area contributed by atoms with Crippen LogP contribution in [0.15, 0.2) is 28.8 Å². The number of aromatic nitrogens is 1. The number of carbonyl (C=O) groups is 1. The summed E-state index contributed by atoms with van der Waals surface area (Å²) in [6.45, 7) is 1.98. The number of hydrogen-bond acceptors (Lipinski definition) is 4. The molecule has 0 atom stereocenters. The molecule has 5 heteroatoms. The van der Waals surface area contributed by atoms with Crippen molar-refractivity contribution in [2.75, 3.05) is 7.11 Å². The van der Waals surface area contributed by atoms with Crippen molar-refractivity contribution < 1.29 is 19.1 Å². The highest BCUT2D eigenvalue weighted by Crippen LogP contribution is 2.31. The Hall–Kier alpha value is -2.30. The zero-order valence-corrected chi connectivity index (χ0v) is 10.8. The number of benzene rings is 1. The van der Waals surface area contributed by atoms with Crippen LogP contribution < -0.4 is 4.74 Å². The van der Waals surface area contributed by atoms with Gasteiger partial charge in [-0.25, -0.2) is 4.98 Å². The number of oxazole rings is 1. The molecule has 0 amide bonds. The summed E-state index contributed by atoms with van der Waals surface area (Å²) in [6, 6.07) is 5.76. The van der Waals surface area contributed by atoms with Gasteiger partial charge in [-0.3, -0.25) is 4.79 Å². The molecule has 0 fully saturated rings. The van der Waals surface area contributed by atoms with Gasteiger partial charge >= 0.3 is 5.97 Å². The molecule has 0 aliphatic carbocycles. The molecule has 1 aromatic carbocycles. The molecule has 0 aliphatic heterocycles. The van der Waals surface area contributed by atoms with Gasteiger partial charge in [0.15, 0.2) is 11.7 Å². The van der Waals surface area contributed by atoms with E-state index in [1.807, 2.05) is 25.1 Å². The van der Waals surface area contributed by atoms with E-state index < -0.39 is 5.97 Å². The van der Waals surface area contributed by atoms with Gasteiger partial charge in [-0.15, -0.1) is 0 Å². The van der Waals surface area contributed by atoms with Crippen molar-refractivity contribution in [2.24, 2.45) is 0 Å². The van der Waals surface area contributed by atoms with Crippen molar-refractivity contribution in [2.45, 2.75) is 19.8 Å². The summed E-state index contributed by atoms with van der Waals surface area (Å²) in [5.41, 5.74) is 1.90. The van der Waals surface area contributed by atoms with Crippen LogP contribution in [0.3, 0.4) is 0 Å². The summed E-state index contributed by atoms with van der Waals surface area (Å²) in [6.07, 6.45) is 1.88. The van der Waals surface area contributed by atoms with E-state index in [0.29, 0.717) is 17.4 Å². The van der Waals surface area contributed by atoms with Gasteiger partial charge in [0.1, 0.15) is 5.75 Å². The van der Waals surface area contributed by atoms with Crippen LogP contribution in [-0.4, -0.2) is 23.2 Å². The molecule has 0 unspecified atom stereocenters. The molecule has 1 heterocycles. The molecule has 2 aromatic rings. The van der Waals surface area contributed by atoms with Crippen LogP contribution in [0.4, 0.5) is 0 Å². The van der Waals surface area contributed by atoms with Crippen molar-refractivity contribution in [3.05, 3.63) is 35.9 Å². The number of carboxylic acid groups (broad SMARTS) is 1. The average molecular weight is 261 g/mol. The summed E-state index contributed by atoms with van der Waals surface area (Å²) in [7, 11) is 1.59. The van der Waals surface area contributed by atoms with Gasteiger partial charge in [0, 0.05) is 6.42 Å². The SMILES string of the molecule is COc1ccc(C)cc1-c1cnc(CCC(=O)O)o1. The predicted molar refractivity (Wildman–Crippen MR) is 69.2 cm³/mol. The number of aliphatic carboxylic acids is 1. The Morgan fingerprint density at radius 1 is 1.47 bits per heavy atom. The van der Waals surface area contributed by atoms with Crippen molar-refractivity contribution in [1.29, 1.82) is 0 Å². The van der Waals surface area contributed by atoms with Crippen molar-refractivity contribution in [1.82, 2.24) is 4.98 Å². The second-order valence-corrected chi connectivity index (χ2v) is 4.22. The van der Waals surface area contributed by atoms with Gasteiger partial charge < -0.3 is 14.3 Å². The summed E-state index contributed by atoms with van der Waals surface area (Å²) in [5.74, 6) is 0.835. The maximum atomic E-state index is 10.5. The standard InChI is InChI=1S/C14H15NO4/c1-9-3-4-11(18-2)10(7-9)12-8-15-13(19-12)5-6-14(16)17/h3-4,7-8H,5-6H2,1-2H3,(H,16,17). The van der Waals surface area contributed by atoms with E-state index in [2.05, 4.69) is 4.98 Å². The minimum atomic E-state index is -0.868. The number of hydrogen-bond donors (Lipinski definition) is 1. The first-order valence-corrected chi connectivity index (χ1v) is 5.91. The van der Waals surface area contributed by atoms with Crippen LogP contribution in [-0.2, 0) is 11.2 Å². The fourth-order valence-electron chi connectivity index (χ4n) is 1.78. The Morgan fingerprint density at radius 2 is 2.26 bits per heavy atom. The Kier molecular flexibility index (Phi) is 3.85. The molecular formula is C14H15NO4. The fourth-order valence-corrected chi connectivity index (χ4v) is 1.78. The molecular weight excluding hydrogens is 246 g/mol. The smallest absolute Gasteiger partial charge is 0.303 e. The van der Waals surface area contributed by atoms with E-state index in [9.17, 15) is 4.79 Å². The van der Waals surface area contributed by atoms with Gasteiger partial charge in [0.05, 0.1) is 25.3 Å². The minimum Gasteiger partial charge on any atom is -0.496 e. The second-order valence-electron chi connectivity index (χ2n) is 4.22. The van der Waals surface area contributed by atoms with Gasteiger partial charge in [-0.2, -0.15) is 0 Å². The number of carboxylic acids is 1. The van der Waals surface area contributed by atoms with Gasteiger partial charge in [-0.1, -0.05) is 11.6 Å². The van der Waals surface area contributed by atoms with Crippen molar-refractivity contribution in [3.8, 4) is 17.1 Å². The van der Waals surface area contributed by atoms with Crippen LogP contribution in [0, 0.1) is 6.92 Å². The van der Waals surface area contributed by atoms with Crippen LogP contribution in [0.2, 0.25) is 0 Å². The third kappa shape index (κ3) is 3.13. The van der Waals surface area contributed by atoms with Crippen LogP contribution >= 0.6 is 0 Å². The highest BCUT2D eigenvalue weighted by molar-refractivity contribution is 5.67. The molecule has 100 valence electrons. The lowest BCUT2D eigenvalue weighted by Crippen LogP contribution is -1.97. The normalized spacial score (nSPS) is 10.4. The zero-order valence-electron chi connectivity index (χ0n) is 10.8. The lowest BCUT2D eigenvalue weighted by molar-refractivity contribution is -0.137. The fraction of sp³-hybridized carbons (Fsp3) is 0.286. The number of methoxy groups -OCH3 is 1. The van der Waals surface area contributed by atoms with Crippen LogP contribution in [0.5, 0.6) is 5.75 Å². The molecule has 19 heavy (non-hydrogen) atoms. The number of rotatable bonds is 5. The summed E-state index contributed by atoms with van der Waals surface area (Å²) < 4.78 is 10.8. The monoisotopic (exact) mass is 261 g/mol. The molecule has 5 nitrogen and oxygen atoms in total. The van der Waals surface area contributed by atoms with E-state index in [1.165, 1.54) is 0 Å². The summed E-state index contributed by atoms with van der Waals surface area (Å²) in [4.78, 5) is 14.6. The lowest BCUT2D eigenvalue weighted by atomic mass is 10.1. The Bertz CT molecular complexity index is 589. The van der Waals surface area contributed by atoms with E-state index in [1.54, 1.807) is 13.3 Å². The maximum Gasteiger partial charge on any atom is 0.303 e. The largest absolute Gasteiger partial charge is 0.496 e. The molecule has 1 aromatic heterocycles. The van der Waals surface area contributed by atoms with Crippen molar-refractivity contribution in [3.63, 3.8) is 0 Å². The summed E-state index contributed by atoms with van der Waals surface area (Å²) in [5, 5.41) is 8.63. The molecule has 1 N–H and O–H groups in total. The quantitative estimate of drug-likeness (QED) is 0.895. The number of aryl methyl sites for hydroxylation is 2. The Labute approximate surface area is 110 Å². The molecule has 0 radical (unpaired) electrons. The average Bonchev–Trinajstić information content (AvgIpc) is 2.85. The first kappa shape index (κ1) is 13.1. The van der Waals surface area contributed by atoms with E-state index >= 15 is 0 Å². The molecule has 0 aliphatic rings. The van der Waals surface area contributed by atoms with Gasteiger partial charge in [-0.05, 0) is 19.1 Å². The molecule has 0 saturated heterocycles. The van der Waals surface area contributed by atoms with Crippen LogP contribution in [0.1, 0.15) is 17.9 Å². The highest BCUT2D eigenvalue weighted by Gasteiger charge is 2.12. The van der Waals surface area contributed by atoms with Gasteiger partial charge in [0.2, 0.25) is 0 Å². The molecule has 0 saturated carbocycles. The third-order valence-corrected chi connectivity index (χ3v) is 2.73. The maximum absolute atomic E-state index is 10.5. The predicted octanol–water partition coefficient (Wildman–Crippen LogP) is 2.68. The third-order valence-electron chi connectivity index (χ3n) is 2.73. The topological polar surface area (TPSA) is 72.6 Å². The first-order chi connectivity index (χ1) is 9.10. The van der Waals surface area contributed by atoms with Gasteiger partial charge in [0.25, 0.3) is 0 Å². The Balaban J connectivity index is 2.27. The van der Waals surface area contributed by atoms with Crippen LogP contribution in [0.25, 0.3) is 11.3 Å². The molecule has 0 spiro atoms. The zero-order chi connectivity index (χ0) is 13.8. The molecule has 0 bridgehead atoms. The number of nitrogens with zero attached hydrogens (tertiary/aromatic N) is 1. The van der Waals surface area contributed by atoms with E-state index in [0.717, 1.165) is 11.1 Å². The highest BCUT2D eigenvalue weighted by atomic mass is 16.5. The summed E-state index contributed by atoms with van der Waals surface area (Å²) >= 11 is 0. The van der Waals surface area contributed by atoms with Crippen molar-refractivity contribution >= 4 is 5.97 Å². The Morgan fingerprint density at radius 3 is 2.95 bits per heavy atom. The lowest BCUT2D eigenvalue weighted by Gasteiger charge is -2.06. The minimum absolute atomic E-state index is 0.00487. The molecule has 2 rings (SSSR count). The van der Waals surface area contributed by atoms with E-state index in [4.69, 9.17) is 14.3 Å². The van der Waals surface area contributed by atoms with E-state index in [-0.39, 0.29) is 12.8 Å². The first-order valence-electron chi connectivity index (χ1n) is 5.91. The number of ether oxygens (including phenoxy) is 1.